The average molecular weight is 322 g/mol. The van der Waals surface area contributed by atoms with Crippen molar-refractivity contribution in [1.82, 2.24) is 19.9 Å². The van der Waals surface area contributed by atoms with Gasteiger partial charge in [0.1, 0.15) is 5.76 Å². The number of carbonyl (C=O) groups excluding carboxylic acids is 1. The molecule has 0 aromatic carbocycles. The summed E-state index contributed by atoms with van der Waals surface area (Å²) in [5.41, 5.74) is 0.723. The molecule has 0 radical (unpaired) electrons. The molecule has 2 atom stereocenters. The highest BCUT2D eigenvalue weighted by molar-refractivity contribution is 5.78. The molecule has 0 saturated carbocycles. The van der Waals surface area contributed by atoms with Gasteiger partial charge in [0.05, 0.1) is 12.1 Å². The quantitative estimate of drug-likeness (QED) is 0.792. The molecule has 0 spiro atoms. The molecule has 6 nitrogen and oxygen atoms in total. The maximum Gasteiger partial charge on any atom is 0.228 e. The number of hydrogen-bond donors (Lipinski definition) is 0. The Hall–Kier alpha value is -1.40. The van der Waals surface area contributed by atoms with Crippen LogP contribution in [0.15, 0.2) is 10.6 Å². The topological polar surface area (TPSA) is 52.8 Å². The van der Waals surface area contributed by atoms with Crippen LogP contribution in [0.3, 0.4) is 0 Å². The molecule has 0 bridgehead atoms. The van der Waals surface area contributed by atoms with E-state index in [9.17, 15) is 4.79 Å². The maximum atomic E-state index is 12.5. The Balaban J connectivity index is 1.86. The molecule has 1 amide bonds. The lowest BCUT2D eigenvalue weighted by Crippen LogP contribution is -2.58. The third-order valence-electron chi connectivity index (χ3n) is 4.48. The number of rotatable bonds is 6. The van der Waals surface area contributed by atoms with Crippen molar-refractivity contribution in [2.45, 2.75) is 45.7 Å². The number of carbonyl (C=O) groups is 1. The van der Waals surface area contributed by atoms with E-state index in [1.165, 1.54) is 0 Å². The highest BCUT2D eigenvalue weighted by atomic mass is 16.5. The van der Waals surface area contributed by atoms with Crippen LogP contribution in [0.5, 0.6) is 0 Å². The second-order valence-electron chi connectivity index (χ2n) is 7.00. The summed E-state index contributed by atoms with van der Waals surface area (Å²) in [5, 5.41) is 3.92. The molecule has 1 aromatic heterocycles. The first-order valence-corrected chi connectivity index (χ1v) is 8.47. The summed E-state index contributed by atoms with van der Waals surface area (Å²) in [6, 6.07) is 2.62. The van der Waals surface area contributed by atoms with Crippen molar-refractivity contribution in [2.24, 2.45) is 0 Å². The fourth-order valence-corrected chi connectivity index (χ4v) is 3.34. The van der Waals surface area contributed by atoms with Crippen LogP contribution in [-0.4, -0.2) is 78.1 Å². The smallest absolute Gasteiger partial charge is 0.228 e. The zero-order valence-electron chi connectivity index (χ0n) is 15.1. The minimum Gasteiger partial charge on any atom is -0.361 e. The molecule has 1 fully saturated rings. The first-order valence-electron chi connectivity index (χ1n) is 8.47. The van der Waals surface area contributed by atoms with Gasteiger partial charge in [0.15, 0.2) is 0 Å². The number of amides is 1. The van der Waals surface area contributed by atoms with Crippen molar-refractivity contribution in [3.8, 4) is 0 Å². The van der Waals surface area contributed by atoms with Crippen LogP contribution in [0.4, 0.5) is 0 Å². The van der Waals surface area contributed by atoms with Crippen LogP contribution in [0.2, 0.25) is 0 Å². The van der Waals surface area contributed by atoms with Gasteiger partial charge in [0.25, 0.3) is 0 Å². The lowest BCUT2D eigenvalue weighted by Gasteiger charge is -2.44. The molecule has 130 valence electrons. The highest BCUT2D eigenvalue weighted by Crippen LogP contribution is 2.17. The van der Waals surface area contributed by atoms with Crippen molar-refractivity contribution < 1.29 is 9.32 Å². The number of piperazine rings is 1. The molecule has 0 aliphatic carbocycles. The van der Waals surface area contributed by atoms with E-state index in [-0.39, 0.29) is 5.91 Å². The van der Waals surface area contributed by atoms with E-state index in [4.69, 9.17) is 4.52 Å². The van der Waals surface area contributed by atoms with Gasteiger partial charge in [-0.15, -0.1) is 0 Å². The van der Waals surface area contributed by atoms with E-state index < -0.39 is 0 Å². The van der Waals surface area contributed by atoms with Gasteiger partial charge >= 0.3 is 0 Å². The van der Waals surface area contributed by atoms with Crippen molar-refractivity contribution >= 4 is 5.91 Å². The minimum atomic E-state index is 0.143. The molecule has 1 aliphatic heterocycles. The van der Waals surface area contributed by atoms with Gasteiger partial charge < -0.3 is 14.3 Å². The predicted molar refractivity (Wildman–Crippen MR) is 90.3 cm³/mol. The van der Waals surface area contributed by atoms with E-state index in [0.717, 1.165) is 44.1 Å². The zero-order chi connectivity index (χ0) is 17.0. The van der Waals surface area contributed by atoms with Gasteiger partial charge in [-0.25, -0.2) is 0 Å². The Labute approximate surface area is 139 Å². The molecule has 2 rings (SSSR count). The molecule has 1 aromatic rings. The average Bonchev–Trinajstić information content (AvgIpc) is 2.86. The Morgan fingerprint density at radius 1 is 1.35 bits per heavy atom. The third-order valence-corrected chi connectivity index (χ3v) is 4.48. The molecule has 0 N–H and O–H groups in total. The predicted octanol–water partition coefficient (Wildman–Crippen LogP) is 1.40. The Morgan fingerprint density at radius 3 is 2.52 bits per heavy atom. The molecular weight excluding hydrogens is 292 g/mol. The molecule has 2 heterocycles. The third kappa shape index (κ3) is 5.04. The van der Waals surface area contributed by atoms with Crippen molar-refractivity contribution in [3.05, 3.63) is 17.5 Å². The number of aromatic nitrogens is 1. The van der Waals surface area contributed by atoms with E-state index in [1.807, 2.05) is 17.9 Å². The van der Waals surface area contributed by atoms with Crippen LogP contribution >= 0.6 is 0 Å². The van der Waals surface area contributed by atoms with Crippen molar-refractivity contribution in [3.63, 3.8) is 0 Å². The summed E-state index contributed by atoms with van der Waals surface area (Å²) in [5.74, 6) is 0.894. The molecule has 1 saturated heterocycles. The van der Waals surface area contributed by atoms with E-state index in [1.54, 1.807) is 0 Å². The lowest BCUT2D eigenvalue weighted by molar-refractivity contribution is -0.135. The maximum absolute atomic E-state index is 12.5. The van der Waals surface area contributed by atoms with Gasteiger partial charge in [0.2, 0.25) is 5.91 Å². The number of nitrogens with zero attached hydrogens (tertiary/aromatic N) is 4. The van der Waals surface area contributed by atoms with Gasteiger partial charge in [0, 0.05) is 37.8 Å². The molecule has 23 heavy (non-hydrogen) atoms. The monoisotopic (exact) mass is 322 g/mol. The summed E-state index contributed by atoms with van der Waals surface area (Å²) in [7, 11) is 4.21. The zero-order valence-corrected chi connectivity index (χ0v) is 15.1. The molecule has 6 heteroatoms. The summed E-state index contributed by atoms with van der Waals surface area (Å²) >= 11 is 0. The van der Waals surface area contributed by atoms with Gasteiger partial charge in [-0.05, 0) is 47.8 Å². The SMILES string of the molecule is Cc1cc(CC(=O)N2CC(C)N(CCCN(C)C)C(C)C2)no1. The Bertz CT molecular complexity index is 502. The number of aryl methyl sites for hydroxylation is 1. The van der Waals surface area contributed by atoms with E-state index in [0.29, 0.717) is 18.5 Å². The normalized spacial score (nSPS) is 22.8. The summed E-state index contributed by atoms with van der Waals surface area (Å²) in [6.45, 7) is 10.0. The van der Waals surface area contributed by atoms with Crippen LogP contribution in [0.1, 0.15) is 31.7 Å². The standard InChI is InChI=1S/C17H30N4O2/c1-13-11-20(17(22)10-16-9-15(3)23-18-16)12-14(2)21(13)8-6-7-19(4)5/h9,13-14H,6-8,10-12H2,1-5H3. The second kappa shape index (κ2) is 7.93. The summed E-state index contributed by atoms with van der Waals surface area (Å²) in [6.07, 6.45) is 1.49. The van der Waals surface area contributed by atoms with Gasteiger partial charge in [-0.1, -0.05) is 5.16 Å². The van der Waals surface area contributed by atoms with Crippen LogP contribution < -0.4 is 0 Å². The largest absolute Gasteiger partial charge is 0.361 e. The van der Waals surface area contributed by atoms with Crippen molar-refractivity contribution in [2.75, 3.05) is 40.3 Å². The second-order valence-corrected chi connectivity index (χ2v) is 7.00. The van der Waals surface area contributed by atoms with Crippen LogP contribution in [0, 0.1) is 6.92 Å². The fraction of sp³-hybridized carbons (Fsp3) is 0.765. The Kier molecular flexibility index (Phi) is 6.18. The van der Waals surface area contributed by atoms with Gasteiger partial charge in [-0.3, -0.25) is 9.69 Å². The van der Waals surface area contributed by atoms with Crippen LogP contribution in [-0.2, 0) is 11.2 Å². The molecule has 1 aliphatic rings. The fourth-order valence-electron chi connectivity index (χ4n) is 3.34. The molecule has 2 unspecified atom stereocenters. The highest BCUT2D eigenvalue weighted by Gasteiger charge is 2.31. The Morgan fingerprint density at radius 2 is 2.00 bits per heavy atom. The summed E-state index contributed by atoms with van der Waals surface area (Å²) in [4.78, 5) is 19.2. The number of hydrogen-bond acceptors (Lipinski definition) is 5. The summed E-state index contributed by atoms with van der Waals surface area (Å²) < 4.78 is 5.04. The van der Waals surface area contributed by atoms with E-state index >= 15 is 0 Å². The minimum absolute atomic E-state index is 0.143. The van der Waals surface area contributed by atoms with Gasteiger partial charge in [-0.2, -0.15) is 0 Å². The lowest BCUT2D eigenvalue weighted by atomic mass is 10.1. The van der Waals surface area contributed by atoms with Crippen molar-refractivity contribution in [1.29, 1.82) is 0 Å². The molecular formula is C17H30N4O2. The first-order chi connectivity index (χ1) is 10.9. The van der Waals surface area contributed by atoms with E-state index in [2.05, 4.69) is 42.9 Å². The first kappa shape index (κ1) is 17.9. The van der Waals surface area contributed by atoms with Crippen LogP contribution in [0.25, 0.3) is 0 Å².